The van der Waals surface area contributed by atoms with Gasteiger partial charge in [-0.3, -0.25) is 0 Å². The fourth-order valence-electron chi connectivity index (χ4n) is 4.11. The Kier molecular flexibility index (Phi) is 6.48. The Bertz CT molecular complexity index is 782. The van der Waals surface area contributed by atoms with Crippen LogP contribution in [0.15, 0.2) is 24.5 Å². The van der Waals surface area contributed by atoms with Crippen LogP contribution in [0.2, 0.25) is 0 Å². The lowest BCUT2D eigenvalue weighted by atomic mass is 9.89. The Morgan fingerprint density at radius 2 is 1.93 bits per heavy atom. The van der Waals surface area contributed by atoms with Crippen molar-refractivity contribution in [2.75, 3.05) is 18.4 Å². The average molecular weight is 391 g/mol. The van der Waals surface area contributed by atoms with Gasteiger partial charge in [0.2, 0.25) is 5.92 Å². The number of rotatable bonds is 7. The van der Waals surface area contributed by atoms with Crippen molar-refractivity contribution in [3.8, 4) is 0 Å². The van der Waals surface area contributed by atoms with E-state index < -0.39 is 11.8 Å². The number of hydrogen-bond donors (Lipinski definition) is 1. The average Bonchev–Trinajstić information content (AvgIpc) is 2.66. The molecule has 1 N–H and O–H groups in total. The van der Waals surface area contributed by atoms with Gasteiger partial charge in [0.25, 0.3) is 0 Å². The molecule has 154 valence electrons. The lowest BCUT2D eigenvalue weighted by Gasteiger charge is -2.38. The zero-order valence-corrected chi connectivity index (χ0v) is 17.4. The lowest BCUT2D eigenvalue weighted by molar-refractivity contribution is -0.0492. The Morgan fingerprint density at radius 3 is 2.57 bits per heavy atom. The summed E-state index contributed by atoms with van der Waals surface area (Å²) in [6.07, 6.45) is 5.70. The number of hydrogen-bond acceptors (Lipinski definition) is 4. The summed E-state index contributed by atoms with van der Waals surface area (Å²) in [7, 11) is 0. The quantitative estimate of drug-likeness (QED) is 0.699. The van der Waals surface area contributed by atoms with Crippen LogP contribution < -0.4 is 5.32 Å². The molecule has 3 rings (SSSR count). The predicted molar refractivity (Wildman–Crippen MR) is 111 cm³/mol. The van der Waals surface area contributed by atoms with Crippen molar-refractivity contribution in [2.24, 2.45) is 5.92 Å². The molecule has 4 nitrogen and oxygen atoms in total. The van der Waals surface area contributed by atoms with Crippen molar-refractivity contribution in [1.29, 1.82) is 0 Å². The first-order chi connectivity index (χ1) is 13.3. The lowest BCUT2D eigenvalue weighted by Crippen LogP contribution is -2.44. The van der Waals surface area contributed by atoms with Crippen molar-refractivity contribution < 1.29 is 8.78 Å². The van der Waals surface area contributed by atoms with Crippen molar-refractivity contribution in [2.45, 2.75) is 71.4 Å². The first kappa shape index (κ1) is 20.9. The molecular weight excluding hydrogens is 358 g/mol. The van der Waals surface area contributed by atoms with Gasteiger partial charge in [0.1, 0.15) is 12.1 Å². The summed E-state index contributed by atoms with van der Waals surface area (Å²) in [5.41, 5.74) is 2.14. The normalized spacial score (nSPS) is 21.8. The number of nitrogens with zero attached hydrogens (tertiary/aromatic N) is 3. The third-order valence-electron chi connectivity index (χ3n) is 6.12. The largest absolute Gasteiger partial charge is 0.367 e. The second-order valence-corrected chi connectivity index (χ2v) is 8.34. The van der Waals surface area contributed by atoms with E-state index in [1.165, 1.54) is 5.56 Å². The van der Waals surface area contributed by atoms with E-state index in [4.69, 9.17) is 0 Å². The number of halogens is 2. The van der Waals surface area contributed by atoms with Crippen LogP contribution in [0.3, 0.4) is 0 Å². The highest BCUT2D eigenvalue weighted by Crippen LogP contribution is 2.30. The van der Waals surface area contributed by atoms with Crippen LogP contribution in [0, 0.1) is 12.8 Å². The monoisotopic (exact) mass is 390 g/mol. The molecule has 28 heavy (non-hydrogen) atoms. The molecule has 1 fully saturated rings. The van der Waals surface area contributed by atoms with Gasteiger partial charge in [-0.15, -0.1) is 0 Å². The smallest absolute Gasteiger partial charge is 0.249 e. The van der Waals surface area contributed by atoms with E-state index in [-0.39, 0.29) is 0 Å². The van der Waals surface area contributed by atoms with E-state index in [9.17, 15) is 8.78 Å². The van der Waals surface area contributed by atoms with Gasteiger partial charge in [-0.05, 0) is 58.2 Å². The van der Waals surface area contributed by atoms with Gasteiger partial charge < -0.3 is 10.2 Å². The molecular formula is C22H32F2N4. The molecule has 0 radical (unpaired) electrons. The Labute approximate surface area is 166 Å². The summed E-state index contributed by atoms with van der Waals surface area (Å²) < 4.78 is 27.2. The molecule has 1 heterocycles. The van der Waals surface area contributed by atoms with Gasteiger partial charge >= 0.3 is 0 Å². The van der Waals surface area contributed by atoms with Gasteiger partial charge in [-0.2, -0.15) is 0 Å². The summed E-state index contributed by atoms with van der Waals surface area (Å²) in [6, 6.07) is 6.95. The summed E-state index contributed by atoms with van der Waals surface area (Å²) in [5, 5.41) is 4.66. The predicted octanol–water partition coefficient (Wildman–Crippen LogP) is 5.27. The highest BCUT2D eigenvalue weighted by molar-refractivity contribution is 5.89. The third kappa shape index (κ3) is 4.96. The minimum atomic E-state index is -2.63. The summed E-state index contributed by atoms with van der Waals surface area (Å²) in [6.45, 7) is 8.09. The first-order valence-corrected chi connectivity index (χ1v) is 10.4. The molecule has 1 aromatic heterocycles. The molecule has 2 aromatic rings. The second-order valence-electron chi connectivity index (χ2n) is 8.34. The molecule has 0 saturated heterocycles. The van der Waals surface area contributed by atoms with Crippen LogP contribution in [0.5, 0.6) is 0 Å². The highest BCUT2D eigenvalue weighted by atomic mass is 19.3. The van der Waals surface area contributed by atoms with Crippen LogP contribution in [0.4, 0.5) is 14.6 Å². The van der Waals surface area contributed by atoms with Crippen molar-refractivity contribution in [3.05, 3.63) is 30.1 Å². The molecule has 6 heteroatoms. The number of aromatic nitrogens is 2. The molecule has 1 aromatic carbocycles. The minimum absolute atomic E-state index is 0.360. The molecule has 1 aliphatic carbocycles. The molecule has 1 unspecified atom stereocenters. The Morgan fingerprint density at radius 1 is 1.21 bits per heavy atom. The van der Waals surface area contributed by atoms with E-state index in [0.29, 0.717) is 18.6 Å². The summed E-state index contributed by atoms with van der Waals surface area (Å²) in [4.78, 5) is 11.1. The summed E-state index contributed by atoms with van der Waals surface area (Å²) in [5.74, 6) is -2.36. The van der Waals surface area contributed by atoms with E-state index in [2.05, 4.69) is 46.2 Å². The molecule has 1 saturated carbocycles. The van der Waals surface area contributed by atoms with Crippen LogP contribution in [0.1, 0.15) is 52.0 Å². The fourth-order valence-corrected chi connectivity index (χ4v) is 4.11. The zero-order chi connectivity index (χ0) is 20.3. The van der Waals surface area contributed by atoms with Crippen LogP contribution in [0.25, 0.3) is 10.9 Å². The van der Waals surface area contributed by atoms with Crippen molar-refractivity contribution in [1.82, 2.24) is 14.9 Å². The molecule has 0 amide bonds. The molecule has 0 aliphatic heterocycles. The van der Waals surface area contributed by atoms with Gasteiger partial charge in [0.15, 0.2) is 0 Å². The third-order valence-corrected chi connectivity index (χ3v) is 6.12. The van der Waals surface area contributed by atoms with E-state index in [0.717, 1.165) is 55.9 Å². The maximum absolute atomic E-state index is 13.6. The Balaban J connectivity index is 1.60. The Hall–Kier alpha value is -1.82. The minimum Gasteiger partial charge on any atom is -0.367 e. The van der Waals surface area contributed by atoms with Crippen LogP contribution in [-0.2, 0) is 0 Å². The standard InChI is InChI=1S/C22H32F2N4/c1-5-28(13-16(3)22(4,23)24)18-9-7-17(8-10-18)27-21-19-12-15(2)6-11-20(19)25-14-26-21/h6,11-12,14,16-18H,5,7-10,13H2,1-4H3,(H,25,26,27). The number of fused-ring (bicyclic) bond motifs is 1. The fraction of sp³-hybridized carbons (Fsp3) is 0.636. The first-order valence-electron chi connectivity index (χ1n) is 10.4. The number of alkyl halides is 2. The zero-order valence-electron chi connectivity index (χ0n) is 17.4. The number of anilines is 1. The topological polar surface area (TPSA) is 41.0 Å². The number of benzene rings is 1. The number of nitrogens with one attached hydrogen (secondary N) is 1. The van der Waals surface area contributed by atoms with Gasteiger partial charge in [0.05, 0.1) is 5.52 Å². The van der Waals surface area contributed by atoms with E-state index in [1.54, 1.807) is 13.3 Å². The van der Waals surface area contributed by atoms with Crippen LogP contribution in [-0.4, -0.2) is 46.0 Å². The van der Waals surface area contributed by atoms with E-state index in [1.807, 2.05) is 6.07 Å². The second kappa shape index (κ2) is 8.68. The molecule has 1 aliphatic rings. The molecule has 0 spiro atoms. The molecule has 1 atom stereocenters. The SMILES string of the molecule is CCN(CC(C)C(C)(F)F)C1CCC(Nc2ncnc3ccc(C)cc23)CC1. The number of aryl methyl sites for hydroxylation is 1. The van der Waals surface area contributed by atoms with E-state index >= 15 is 0 Å². The van der Waals surface area contributed by atoms with Gasteiger partial charge in [-0.25, -0.2) is 18.7 Å². The van der Waals surface area contributed by atoms with Gasteiger partial charge in [-0.1, -0.05) is 25.5 Å². The maximum atomic E-state index is 13.6. The molecule has 0 bridgehead atoms. The van der Waals surface area contributed by atoms with Crippen LogP contribution >= 0.6 is 0 Å². The van der Waals surface area contributed by atoms with Crippen molar-refractivity contribution in [3.63, 3.8) is 0 Å². The highest BCUT2D eigenvalue weighted by Gasteiger charge is 2.34. The van der Waals surface area contributed by atoms with Crippen molar-refractivity contribution >= 4 is 16.7 Å². The maximum Gasteiger partial charge on any atom is 0.249 e. The summed E-state index contributed by atoms with van der Waals surface area (Å²) >= 11 is 0. The van der Waals surface area contributed by atoms with Gasteiger partial charge in [0, 0.05) is 29.9 Å².